The van der Waals surface area contributed by atoms with Crippen LogP contribution in [0.3, 0.4) is 0 Å². The van der Waals surface area contributed by atoms with E-state index in [-0.39, 0.29) is 11.1 Å². The van der Waals surface area contributed by atoms with Crippen molar-refractivity contribution in [3.63, 3.8) is 0 Å². The predicted molar refractivity (Wildman–Crippen MR) is 56.7 cm³/mol. The maximum absolute atomic E-state index is 11.1. The molecular formula is C8H16N4O2S. The van der Waals surface area contributed by atoms with Crippen LogP contribution in [0.25, 0.3) is 0 Å². The molecule has 0 amide bonds. The molecule has 0 aromatic carbocycles. The number of nitrogens with two attached hydrogens (primary N) is 1. The molecular weight excluding hydrogens is 216 g/mol. The zero-order chi connectivity index (χ0) is 11.8. The topological polar surface area (TPSA) is 81.2 Å². The standard InChI is InChI=1S/C8H16N4O2S/c1-6(11(2)3)7-5-8(10-12(7)4)15(9,13)14/h5-6H,1-4H3,(H2,9,13,14). The Bertz CT molecular complexity index is 449. The van der Waals surface area contributed by atoms with Gasteiger partial charge in [-0.05, 0) is 21.0 Å². The minimum absolute atomic E-state index is 0.0815. The molecule has 1 atom stereocenters. The van der Waals surface area contributed by atoms with E-state index in [0.717, 1.165) is 5.69 Å². The van der Waals surface area contributed by atoms with Gasteiger partial charge in [-0.25, -0.2) is 13.6 Å². The summed E-state index contributed by atoms with van der Waals surface area (Å²) in [6.45, 7) is 1.96. The number of rotatable bonds is 3. The van der Waals surface area contributed by atoms with Crippen LogP contribution in [0.5, 0.6) is 0 Å². The second-order valence-corrected chi connectivity index (χ2v) is 5.22. The lowest BCUT2D eigenvalue weighted by Gasteiger charge is -2.19. The van der Waals surface area contributed by atoms with Gasteiger partial charge in [0.25, 0.3) is 10.0 Å². The van der Waals surface area contributed by atoms with Crippen molar-refractivity contribution >= 4 is 10.0 Å². The molecule has 0 radical (unpaired) electrons. The van der Waals surface area contributed by atoms with Crippen LogP contribution in [0.4, 0.5) is 0 Å². The highest BCUT2D eigenvalue weighted by Gasteiger charge is 2.19. The van der Waals surface area contributed by atoms with Crippen molar-refractivity contribution in [1.29, 1.82) is 0 Å². The van der Waals surface area contributed by atoms with Crippen molar-refractivity contribution < 1.29 is 8.42 Å². The fourth-order valence-corrected chi connectivity index (χ4v) is 1.77. The van der Waals surface area contributed by atoms with Crippen molar-refractivity contribution in [1.82, 2.24) is 14.7 Å². The van der Waals surface area contributed by atoms with Crippen LogP contribution in [-0.4, -0.2) is 37.2 Å². The summed E-state index contributed by atoms with van der Waals surface area (Å²) in [7, 11) is 1.81. The van der Waals surface area contributed by atoms with Gasteiger partial charge in [-0.1, -0.05) is 0 Å². The summed E-state index contributed by atoms with van der Waals surface area (Å²) >= 11 is 0. The lowest BCUT2D eigenvalue weighted by molar-refractivity contribution is 0.307. The Hall–Kier alpha value is -0.920. The smallest absolute Gasteiger partial charge is 0.257 e. The summed E-state index contributed by atoms with van der Waals surface area (Å²) in [5.41, 5.74) is 0.809. The van der Waals surface area contributed by atoms with Crippen LogP contribution in [0, 0.1) is 0 Å². The molecule has 1 aromatic heterocycles. The fraction of sp³-hybridized carbons (Fsp3) is 0.625. The van der Waals surface area contributed by atoms with Gasteiger partial charge < -0.3 is 4.90 Å². The number of primary sulfonamides is 1. The Morgan fingerprint density at radius 2 is 2.07 bits per heavy atom. The van der Waals surface area contributed by atoms with Crippen molar-refractivity contribution in [3.05, 3.63) is 11.8 Å². The number of hydrogen-bond donors (Lipinski definition) is 1. The number of aromatic nitrogens is 2. The largest absolute Gasteiger partial charge is 0.301 e. The zero-order valence-electron chi connectivity index (χ0n) is 9.30. The van der Waals surface area contributed by atoms with E-state index in [1.807, 2.05) is 25.9 Å². The molecule has 1 heterocycles. The number of aryl methyl sites for hydroxylation is 1. The van der Waals surface area contributed by atoms with Crippen LogP contribution in [0.1, 0.15) is 18.7 Å². The third kappa shape index (κ3) is 2.55. The molecule has 0 saturated heterocycles. The molecule has 6 nitrogen and oxygen atoms in total. The van der Waals surface area contributed by atoms with Gasteiger partial charge in [-0.2, -0.15) is 5.10 Å². The minimum Gasteiger partial charge on any atom is -0.301 e. The molecule has 1 rings (SSSR count). The number of hydrogen-bond acceptors (Lipinski definition) is 4. The molecule has 0 aliphatic heterocycles. The molecule has 1 unspecified atom stereocenters. The van der Waals surface area contributed by atoms with Gasteiger partial charge in [0.15, 0.2) is 5.03 Å². The molecule has 15 heavy (non-hydrogen) atoms. The van der Waals surface area contributed by atoms with Gasteiger partial charge >= 0.3 is 0 Å². The van der Waals surface area contributed by atoms with Crippen molar-refractivity contribution in [2.75, 3.05) is 14.1 Å². The van der Waals surface area contributed by atoms with E-state index >= 15 is 0 Å². The second kappa shape index (κ2) is 3.92. The van der Waals surface area contributed by atoms with Crippen LogP contribution < -0.4 is 5.14 Å². The maximum Gasteiger partial charge on any atom is 0.257 e. The van der Waals surface area contributed by atoms with Gasteiger partial charge in [0.2, 0.25) is 0 Å². The average Bonchev–Trinajstić information content (AvgIpc) is 2.45. The molecule has 86 valence electrons. The molecule has 0 fully saturated rings. The van der Waals surface area contributed by atoms with Crippen LogP contribution in [-0.2, 0) is 17.1 Å². The van der Waals surface area contributed by atoms with E-state index in [1.165, 1.54) is 10.7 Å². The van der Waals surface area contributed by atoms with Gasteiger partial charge in [0, 0.05) is 19.2 Å². The van der Waals surface area contributed by atoms with E-state index in [1.54, 1.807) is 7.05 Å². The molecule has 0 aliphatic rings. The normalized spacial score (nSPS) is 14.5. The first-order chi connectivity index (χ1) is 6.73. The van der Waals surface area contributed by atoms with Gasteiger partial charge in [0.05, 0.1) is 5.69 Å². The number of nitrogens with zero attached hydrogens (tertiary/aromatic N) is 3. The average molecular weight is 232 g/mol. The van der Waals surface area contributed by atoms with Crippen LogP contribution >= 0.6 is 0 Å². The highest BCUT2D eigenvalue weighted by atomic mass is 32.2. The molecule has 0 bridgehead atoms. The van der Waals surface area contributed by atoms with Crippen LogP contribution in [0.15, 0.2) is 11.1 Å². The first kappa shape index (κ1) is 12.2. The van der Waals surface area contributed by atoms with Crippen molar-refractivity contribution in [2.24, 2.45) is 12.2 Å². The molecule has 0 aliphatic carbocycles. The van der Waals surface area contributed by atoms with Gasteiger partial charge in [-0.3, -0.25) is 4.68 Å². The highest BCUT2D eigenvalue weighted by Crippen LogP contribution is 2.19. The monoisotopic (exact) mass is 232 g/mol. The summed E-state index contributed by atoms with van der Waals surface area (Å²) in [6, 6.07) is 1.58. The highest BCUT2D eigenvalue weighted by molar-refractivity contribution is 7.89. The Balaban J connectivity index is 3.18. The summed E-state index contributed by atoms with van der Waals surface area (Å²) in [5.74, 6) is 0. The SMILES string of the molecule is CC(c1cc(S(N)(=O)=O)nn1C)N(C)C. The first-order valence-corrected chi connectivity index (χ1v) is 6.01. The summed E-state index contributed by atoms with van der Waals surface area (Å²) in [4.78, 5) is 1.96. The molecule has 1 aromatic rings. The first-order valence-electron chi connectivity index (χ1n) is 4.46. The van der Waals surface area contributed by atoms with E-state index in [4.69, 9.17) is 5.14 Å². The van der Waals surface area contributed by atoms with Crippen molar-refractivity contribution in [3.8, 4) is 0 Å². The summed E-state index contributed by atoms with van der Waals surface area (Å²) in [6.07, 6.45) is 0. The molecule has 0 spiro atoms. The lowest BCUT2D eigenvalue weighted by Crippen LogP contribution is -2.19. The van der Waals surface area contributed by atoms with E-state index < -0.39 is 10.0 Å². The van der Waals surface area contributed by atoms with E-state index in [2.05, 4.69) is 5.10 Å². The Labute approximate surface area is 89.7 Å². The fourth-order valence-electron chi connectivity index (χ4n) is 1.25. The molecule has 0 saturated carbocycles. The third-order valence-electron chi connectivity index (χ3n) is 2.39. The quantitative estimate of drug-likeness (QED) is 0.775. The third-order valence-corrected chi connectivity index (χ3v) is 3.17. The Morgan fingerprint density at radius 3 is 2.40 bits per heavy atom. The number of sulfonamides is 1. The summed E-state index contributed by atoms with van der Waals surface area (Å²) < 4.78 is 23.7. The van der Waals surface area contributed by atoms with Gasteiger partial charge in [-0.15, -0.1) is 0 Å². The predicted octanol–water partition coefficient (Wildman–Crippen LogP) is -0.310. The summed E-state index contributed by atoms with van der Waals surface area (Å²) in [5, 5.41) is 8.77. The minimum atomic E-state index is -3.71. The molecule has 7 heteroatoms. The van der Waals surface area contributed by atoms with E-state index in [9.17, 15) is 8.42 Å². The lowest BCUT2D eigenvalue weighted by atomic mass is 10.2. The van der Waals surface area contributed by atoms with Crippen molar-refractivity contribution in [2.45, 2.75) is 18.0 Å². The zero-order valence-corrected chi connectivity index (χ0v) is 10.1. The van der Waals surface area contributed by atoms with E-state index in [0.29, 0.717) is 0 Å². The Kier molecular flexibility index (Phi) is 3.17. The second-order valence-electron chi connectivity index (χ2n) is 3.72. The Morgan fingerprint density at radius 1 is 1.53 bits per heavy atom. The van der Waals surface area contributed by atoms with Gasteiger partial charge in [0.1, 0.15) is 0 Å². The molecule has 2 N–H and O–H groups in total. The maximum atomic E-state index is 11.1. The van der Waals surface area contributed by atoms with Crippen LogP contribution in [0.2, 0.25) is 0 Å².